The SMILES string of the molecule is CNCC1CCc2nc(-c3cc(F)cc(Br)c3)ncc2C1. The van der Waals surface area contributed by atoms with Gasteiger partial charge in [-0.3, -0.25) is 0 Å². The summed E-state index contributed by atoms with van der Waals surface area (Å²) < 4.78 is 14.2. The fourth-order valence-corrected chi connectivity index (χ4v) is 3.33. The molecular formula is C16H17BrFN3. The summed E-state index contributed by atoms with van der Waals surface area (Å²) in [6, 6.07) is 4.75. The number of nitrogens with zero attached hydrogens (tertiary/aromatic N) is 2. The van der Waals surface area contributed by atoms with E-state index in [0.717, 1.165) is 31.5 Å². The second kappa shape index (κ2) is 6.20. The second-order valence-corrected chi connectivity index (χ2v) is 6.41. The maximum atomic E-state index is 13.5. The largest absolute Gasteiger partial charge is 0.319 e. The molecule has 3 rings (SSSR count). The Morgan fingerprint density at radius 1 is 1.38 bits per heavy atom. The molecule has 5 heteroatoms. The van der Waals surface area contributed by atoms with Crippen molar-refractivity contribution in [3.05, 3.63) is 45.9 Å². The van der Waals surface area contributed by atoms with E-state index in [0.29, 0.717) is 21.8 Å². The molecule has 1 N–H and O–H groups in total. The molecule has 2 aromatic rings. The first-order valence-electron chi connectivity index (χ1n) is 7.11. The fourth-order valence-electron chi connectivity index (χ4n) is 2.87. The fraction of sp³-hybridized carbons (Fsp3) is 0.375. The van der Waals surface area contributed by atoms with Crippen molar-refractivity contribution in [2.45, 2.75) is 19.3 Å². The van der Waals surface area contributed by atoms with Crippen molar-refractivity contribution in [2.24, 2.45) is 5.92 Å². The molecule has 0 saturated heterocycles. The standard InChI is InChI=1S/C16H17BrFN3/c1-19-8-10-2-3-15-12(4-10)9-20-16(21-15)11-5-13(17)7-14(18)6-11/h5-7,9-10,19H,2-4,8H2,1H3. The van der Waals surface area contributed by atoms with E-state index >= 15 is 0 Å². The lowest BCUT2D eigenvalue weighted by molar-refractivity contribution is 0.434. The van der Waals surface area contributed by atoms with Crippen LogP contribution >= 0.6 is 15.9 Å². The van der Waals surface area contributed by atoms with E-state index in [1.54, 1.807) is 0 Å². The minimum atomic E-state index is -0.283. The molecule has 1 heterocycles. The predicted octanol–water partition coefficient (Wildman–Crippen LogP) is 3.37. The van der Waals surface area contributed by atoms with E-state index in [2.05, 4.69) is 31.2 Å². The van der Waals surface area contributed by atoms with Gasteiger partial charge in [0, 0.05) is 21.9 Å². The number of halogens is 2. The Morgan fingerprint density at radius 3 is 3.00 bits per heavy atom. The number of fused-ring (bicyclic) bond motifs is 1. The van der Waals surface area contributed by atoms with Crippen molar-refractivity contribution in [3.63, 3.8) is 0 Å². The maximum absolute atomic E-state index is 13.5. The molecule has 21 heavy (non-hydrogen) atoms. The van der Waals surface area contributed by atoms with Crippen molar-refractivity contribution in [3.8, 4) is 11.4 Å². The van der Waals surface area contributed by atoms with E-state index in [1.165, 1.54) is 17.7 Å². The van der Waals surface area contributed by atoms with E-state index in [4.69, 9.17) is 0 Å². The molecule has 0 saturated carbocycles. The van der Waals surface area contributed by atoms with Crippen LogP contribution in [0.5, 0.6) is 0 Å². The summed E-state index contributed by atoms with van der Waals surface area (Å²) in [5.74, 6) is 0.969. The topological polar surface area (TPSA) is 37.8 Å². The van der Waals surface area contributed by atoms with Crippen LogP contribution in [0.15, 0.2) is 28.9 Å². The van der Waals surface area contributed by atoms with E-state index in [9.17, 15) is 4.39 Å². The van der Waals surface area contributed by atoms with Crippen molar-refractivity contribution >= 4 is 15.9 Å². The summed E-state index contributed by atoms with van der Waals surface area (Å²) in [5.41, 5.74) is 3.04. The van der Waals surface area contributed by atoms with Gasteiger partial charge >= 0.3 is 0 Å². The van der Waals surface area contributed by atoms with Crippen molar-refractivity contribution < 1.29 is 4.39 Å². The van der Waals surface area contributed by atoms with Crippen molar-refractivity contribution in [2.75, 3.05) is 13.6 Å². The molecule has 1 atom stereocenters. The van der Waals surface area contributed by atoms with Gasteiger partial charge in [0.2, 0.25) is 0 Å². The van der Waals surface area contributed by atoms with Crippen LogP contribution in [-0.2, 0) is 12.8 Å². The number of hydrogen-bond acceptors (Lipinski definition) is 3. The molecule has 0 fully saturated rings. The van der Waals surface area contributed by atoms with Gasteiger partial charge in [0.1, 0.15) is 5.82 Å². The minimum Gasteiger partial charge on any atom is -0.319 e. The molecule has 0 radical (unpaired) electrons. The molecule has 0 bridgehead atoms. The molecule has 110 valence electrons. The van der Waals surface area contributed by atoms with Gasteiger partial charge in [0.15, 0.2) is 5.82 Å². The molecule has 1 aliphatic rings. The highest BCUT2D eigenvalue weighted by Gasteiger charge is 2.20. The summed E-state index contributed by atoms with van der Waals surface area (Å²) in [6.45, 7) is 1.03. The predicted molar refractivity (Wildman–Crippen MR) is 84.6 cm³/mol. The second-order valence-electron chi connectivity index (χ2n) is 5.49. The first-order chi connectivity index (χ1) is 10.2. The van der Waals surface area contributed by atoms with Gasteiger partial charge in [-0.2, -0.15) is 0 Å². The summed E-state index contributed by atoms with van der Waals surface area (Å²) >= 11 is 3.31. The molecule has 3 nitrogen and oxygen atoms in total. The van der Waals surface area contributed by atoms with Crippen molar-refractivity contribution in [1.82, 2.24) is 15.3 Å². The van der Waals surface area contributed by atoms with Gasteiger partial charge in [-0.25, -0.2) is 14.4 Å². The minimum absolute atomic E-state index is 0.283. The zero-order valence-electron chi connectivity index (χ0n) is 11.9. The quantitative estimate of drug-likeness (QED) is 0.922. The Labute approximate surface area is 132 Å². The molecule has 1 aliphatic carbocycles. The summed E-state index contributed by atoms with van der Waals surface area (Å²) in [7, 11) is 1.98. The Kier molecular flexibility index (Phi) is 4.31. The lowest BCUT2D eigenvalue weighted by atomic mass is 9.87. The maximum Gasteiger partial charge on any atom is 0.159 e. The van der Waals surface area contributed by atoms with Crippen LogP contribution in [0.2, 0.25) is 0 Å². The van der Waals surface area contributed by atoms with Crippen molar-refractivity contribution in [1.29, 1.82) is 0 Å². The average Bonchev–Trinajstić information content (AvgIpc) is 2.46. The lowest BCUT2D eigenvalue weighted by Crippen LogP contribution is -2.25. The Morgan fingerprint density at radius 2 is 2.24 bits per heavy atom. The van der Waals surface area contributed by atoms with Gasteiger partial charge in [-0.05, 0) is 62.5 Å². The number of aromatic nitrogens is 2. The van der Waals surface area contributed by atoms with Crippen LogP contribution in [0.1, 0.15) is 17.7 Å². The molecule has 0 spiro atoms. The number of aryl methyl sites for hydroxylation is 1. The Balaban J connectivity index is 1.90. The van der Waals surface area contributed by atoms with Gasteiger partial charge in [-0.15, -0.1) is 0 Å². The first-order valence-corrected chi connectivity index (χ1v) is 7.91. The number of hydrogen-bond donors (Lipinski definition) is 1. The van der Waals surface area contributed by atoms with Crippen LogP contribution in [0.3, 0.4) is 0 Å². The smallest absolute Gasteiger partial charge is 0.159 e. The van der Waals surface area contributed by atoms with Gasteiger partial charge < -0.3 is 5.32 Å². The third-order valence-electron chi connectivity index (χ3n) is 3.87. The number of benzene rings is 1. The molecule has 1 aromatic heterocycles. The van der Waals surface area contributed by atoms with Crippen LogP contribution in [0, 0.1) is 11.7 Å². The van der Waals surface area contributed by atoms with Gasteiger partial charge in [0.05, 0.1) is 0 Å². The normalized spacial score (nSPS) is 17.6. The van der Waals surface area contributed by atoms with Crippen LogP contribution in [0.4, 0.5) is 4.39 Å². The first kappa shape index (κ1) is 14.6. The third-order valence-corrected chi connectivity index (χ3v) is 4.32. The number of rotatable bonds is 3. The average molecular weight is 350 g/mol. The summed E-state index contributed by atoms with van der Waals surface area (Å²) in [6.07, 6.45) is 5.02. The highest BCUT2D eigenvalue weighted by Crippen LogP contribution is 2.27. The molecule has 1 aromatic carbocycles. The van der Waals surface area contributed by atoms with E-state index in [-0.39, 0.29) is 5.82 Å². The summed E-state index contributed by atoms with van der Waals surface area (Å²) in [5, 5.41) is 3.23. The van der Waals surface area contributed by atoms with Gasteiger partial charge in [0.25, 0.3) is 0 Å². The molecular weight excluding hydrogens is 333 g/mol. The molecule has 0 aliphatic heterocycles. The van der Waals surface area contributed by atoms with Crippen LogP contribution in [-0.4, -0.2) is 23.6 Å². The highest BCUT2D eigenvalue weighted by molar-refractivity contribution is 9.10. The van der Waals surface area contributed by atoms with Crippen LogP contribution in [0.25, 0.3) is 11.4 Å². The van der Waals surface area contributed by atoms with E-state index in [1.807, 2.05) is 19.3 Å². The Bertz CT molecular complexity index is 640. The molecule has 1 unspecified atom stereocenters. The lowest BCUT2D eigenvalue weighted by Gasteiger charge is -2.23. The summed E-state index contributed by atoms with van der Waals surface area (Å²) in [4.78, 5) is 9.06. The highest BCUT2D eigenvalue weighted by atomic mass is 79.9. The Hall–Kier alpha value is -1.33. The van der Waals surface area contributed by atoms with E-state index < -0.39 is 0 Å². The van der Waals surface area contributed by atoms with Gasteiger partial charge in [-0.1, -0.05) is 15.9 Å². The zero-order valence-corrected chi connectivity index (χ0v) is 13.5. The van der Waals surface area contributed by atoms with Crippen LogP contribution < -0.4 is 5.32 Å². The monoisotopic (exact) mass is 349 g/mol. The number of nitrogens with one attached hydrogen (secondary N) is 1. The molecule has 0 amide bonds. The zero-order chi connectivity index (χ0) is 14.8. The third kappa shape index (κ3) is 3.30.